The molecule has 2 aromatic carbocycles. The Labute approximate surface area is 205 Å². The van der Waals surface area contributed by atoms with Crippen LogP contribution in [0.5, 0.6) is 11.5 Å². The normalized spacial score (nSPS) is 14.9. The van der Waals surface area contributed by atoms with E-state index in [1.165, 1.54) is 6.92 Å². The molecule has 0 spiro atoms. The van der Waals surface area contributed by atoms with E-state index < -0.39 is 28.3 Å². The van der Waals surface area contributed by atoms with Crippen molar-refractivity contribution in [2.24, 2.45) is 5.10 Å². The Balaban J connectivity index is 1.56. The lowest BCUT2D eigenvalue weighted by Gasteiger charge is -2.26. The van der Waals surface area contributed by atoms with Crippen LogP contribution in [0.15, 0.2) is 63.2 Å². The van der Waals surface area contributed by atoms with Gasteiger partial charge in [-0.15, -0.1) is 0 Å². The van der Waals surface area contributed by atoms with Crippen LogP contribution < -0.4 is 16.5 Å². The number of aromatic nitrogens is 2. The number of para-hydroxylation sites is 2. The third kappa shape index (κ3) is 3.92. The number of aromatic hydroxyl groups is 2. The van der Waals surface area contributed by atoms with Gasteiger partial charge in [0.25, 0.3) is 17.0 Å². The van der Waals surface area contributed by atoms with Gasteiger partial charge in [-0.1, -0.05) is 43.5 Å². The van der Waals surface area contributed by atoms with Gasteiger partial charge in [-0.3, -0.25) is 14.4 Å². The van der Waals surface area contributed by atoms with Gasteiger partial charge in [0.2, 0.25) is 0 Å². The number of rotatable bonds is 4. The number of hydrazone groups is 1. The average molecular weight is 487 g/mol. The lowest BCUT2D eigenvalue weighted by atomic mass is 9.94. The fraction of sp³-hybridized carbons (Fsp3) is 0.259. The van der Waals surface area contributed by atoms with Gasteiger partial charge in [0.15, 0.2) is 0 Å². The summed E-state index contributed by atoms with van der Waals surface area (Å²) in [4.78, 5) is 41.9. The van der Waals surface area contributed by atoms with Gasteiger partial charge in [-0.25, -0.2) is 5.43 Å². The van der Waals surface area contributed by atoms with E-state index in [0.29, 0.717) is 21.8 Å². The fourth-order valence-electron chi connectivity index (χ4n) is 5.06. The topological polar surface area (TPSA) is 137 Å². The van der Waals surface area contributed by atoms with Crippen molar-refractivity contribution < 1.29 is 15.0 Å². The summed E-state index contributed by atoms with van der Waals surface area (Å²) in [6, 6.07) is 13.7. The highest BCUT2D eigenvalue weighted by Gasteiger charge is 2.26. The highest BCUT2D eigenvalue weighted by Crippen LogP contribution is 2.33. The van der Waals surface area contributed by atoms with Crippen LogP contribution in [0.1, 0.15) is 61.0 Å². The maximum absolute atomic E-state index is 13.5. The number of pyridine rings is 2. The Morgan fingerprint density at radius 2 is 1.58 bits per heavy atom. The van der Waals surface area contributed by atoms with E-state index in [2.05, 4.69) is 15.5 Å². The van der Waals surface area contributed by atoms with Crippen molar-refractivity contribution in [1.29, 1.82) is 0 Å². The first-order valence-corrected chi connectivity index (χ1v) is 11.9. The van der Waals surface area contributed by atoms with E-state index >= 15 is 0 Å². The molecule has 2 aromatic heterocycles. The van der Waals surface area contributed by atoms with Crippen molar-refractivity contribution in [3.63, 3.8) is 0 Å². The fourth-order valence-corrected chi connectivity index (χ4v) is 5.06. The van der Waals surface area contributed by atoms with Crippen molar-refractivity contribution >= 4 is 33.4 Å². The molecule has 1 fully saturated rings. The van der Waals surface area contributed by atoms with Crippen LogP contribution >= 0.6 is 0 Å². The lowest BCUT2D eigenvalue weighted by molar-refractivity contribution is 0.0950. The number of aromatic amines is 1. The van der Waals surface area contributed by atoms with Gasteiger partial charge in [-0.2, -0.15) is 5.10 Å². The van der Waals surface area contributed by atoms with Gasteiger partial charge in [0, 0.05) is 16.8 Å². The van der Waals surface area contributed by atoms with Crippen molar-refractivity contribution in [2.45, 2.75) is 45.1 Å². The number of carbonyl (C=O) groups is 1. The number of benzene rings is 2. The molecule has 1 aliphatic carbocycles. The molecule has 9 heteroatoms. The van der Waals surface area contributed by atoms with Crippen molar-refractivity contribution in [3.05, 3.63) is 80.4 Å². The van der Waals surface area contributed by atoms with Gasteiger partial charge >= 0.3 is 0 Å². The highest BCUT2D eigenvalue weighted by molar-refractivity contribution is 6.07. The van der Waals surface area contributed by atoms with Crippen LogP contribution in [0.3, 0.4) is 0 Å². The molecule has 0 saturated heterocycles. The van der Waals surface area contributed by atoms with Crippen LogP contribution in [0.4, 0.5) is 0 Å². The molecule has 1 saturated carbocycles. The summed E-state index contributed by atoms with van der Waals surface area (Å²) in [6.07, 6.45) is 4.71. The molecule has 0 aliphatic heterocycles. The van der Waals surface area contributed by atoms with Crippen LogP contribution in [-0.4, -0.2) is 31.4 Å². The number of fused-ring (bicyclic) bond motifs is 2. The molecule has 2 heterocycles. The molecule has 1 amide bonds. The third-order valence-electron chi connectivity index (χ3n) is 6.84. The Morgan fingerprint density at radius 1 is 0.944 bits per heavy atom. The minimum atomic E-state index is -0.899. The standard InChI is InChI=1S/C27H26N4O5/c1-15(21-23(32)17-11-5-7-13-19(17)28-25(21)34)29-30-26(35)22-24(33)18-12-6-8-14-20(18)31(27(22)36)16-9-3-2-4-10-16/h5-8,11-14,16,33H,2-4,9-10H2,1H3,(H,30,35)(H2,28,32,34)/b29-15+. The molecular weight excluding hydrogens is 460 g/mol. The average Bonchev–Trinajstić information content (AvgIpc) is 2.88. The van der Waals surface area contributed by atoms with E-state index in [1.807, 2.05) is 0 Å². The molecule has 184 valence electrons. The van der Waals surface area contributed by atoms with Gasteiger partial charge in [-0.05, 0) is 44.0 Å². The molecule has 36 heavy (non-hydrogen) atoms. The minimum absolute atomic E-state index is 0.0424. The van der Waals surface area contributed by atoms with Crippen molar-refractivity contribution in [1.82, 2.24) is 15.0 Å². The van der Waals surface area contributed by atoms with E-state index in [4.69, 9.17) is 0 Å². The van der Waals surface area contributed by atoms with E-state index in [1.54, 1.807) is 53.1 Å². The number of carbonyl (C=O) groups excluding carboxylic acids is 1. The summed E-state index contributed by atoms with van der Waals surface area (Å²) in [6.45, 7) is 1.46. The largest absolute Gasteiger partial charge is 0.506 e. The molecule has 0 atom stereocenters. The monoisotopic (exact) mass is 486 g/mol. The number of nitrogens with one attached hydrogen (secondary N) is 2. The predicted molar refractivity (Wildman–Crippen MR) is 138 cm³/mol. The van der Waals surface area contributed by atoms with Crippen molar-refractivity contribution in [2.75, 3.05) is 0 Å². The Morgan fingerprint density at radius 3 is 2.33 bits per heavy atom. The lowest BCUT2D eigenvalue weighted by Crippen LogP contribution is -2.34. The van der Waals surface area contributed by atoms with Gasteiger partial charge in [0.05, 0.1) is 16.7 Å². The number of nitrogens with zero attached hydrogens (tertiary/aromatic N) is 2. The first-order valence-electron chi connectivity index (χ1n) is 11.9. The summed E-state index contributed by atoms with van der Waals surface area (Å²) < 4.78 is 1.61. The predicted octanol–water partition coefficient (Wildman–Crippen LogP) is 3.91. The molecule has 4 aromatic rings. The molecule has 1 aliphatic rings. The first kappa shape index (κ1) is 23.3. The zero-order valence-corrected chi connectivity index (χ0v) is 19.7. The Bertz CT molecular complexity index is 1640. The second-order valence-electron chi connectivity index (χ2n) is 9.07. The first-order chi connectivity index (χ1) is 17.4. The van der Waals surface area contributed by atoms with Crippen molar-refractivity contribution in [3.8, 4) is 11.5 Å². The third-order valence-corrected chi connectivity index (χ3v) is 6.84. The summed E-state index contributed by atoms with van der Waals surface area (Å²) in [7, 11) is 0. The molecular formula is C27H26N4O5. The zero-order valence-electron chi connectivity index (χ0n) is 19.7. The molecule has 0 radical (unpaired) electrons. The smallest absolute Gasteiger partial charge is 0.280 e. The summed E-state index contributed by atoms with van der Waals surface area (Å²) >= 11 is 0. The second-order valence-corrected chi connectivity index (χ2v) is 9.07. The Kier molecular flexibility index (Phi) is 6.05. The molecule has 0 unspecified atom stereocenters. The maximum atomic E-state index is 13.5. The maximum Gasteiger partial charge on any atom is 0.280 e. The van der Waals surface area contributed by atoms with Crippen LogP contribution in [0.25, 0.3) is 21.8 Å². The minimum Gasteiger partial charge on any atom is -0.506 e. The van der Waals surface area contributed by atoms with Gasteiger partial charge < -0.3 is 19.8 Å². The van der Waals surface area contributed by atoms with Crippen LogP contribution in [0, 0.1) is 0 Å². The zero-order chi connectivity index (χ0) is 25.4. The molecule has 0 bridgehead atoms. The van der Waals surface area contributed by atoms with E-state index in [-0.39, 0.29) is 23.1 Å². The quantitative estimate of drug-likeness (QED) is 0.256. The number of amides is 1. The summed E-state index contributed by atoms with van der Waals surface area (Å²) in [5.74, 6) is -1.58. The van der Waals surface area contributed by atoms with E-state index in [0.717, 1.165) is 32.1 Å². The highest BCUT2D eigenvalue weighted by atomic mass is 16.3. The number of hydrogen-bond acceptors (Lipinski definition) is 6. The second kappa shape index (κ2) is 9.33. The molecule has 5 rings (SSSR count). The van der Waals surface area contributed by atoms with Crippen LogP contribution in [0.2, 0.25) is 0 Å². The Hall–Kier alpha value is -4.40. The number of hydrogen-bond donors (Lipinski definition) is 4. The summed E-state index contributed by atoms with van der Waals surface area (Å²) in [5, 5.41) is 26.4. The van der Waals surface area contributed by atoms with E-state index in [9.17, 15) is 24.6 Å². The molecule has 4 N–H and O–H groups in total. The van der Waals surface area contributed by atoms with Gasteiger partial charge in [0.1, 0.15) is 22.6 Å². The van der Waals surface area contributed by atoms with Crippen LogP contribution in [-0.2, 0) is 0 Å². The number of H-pyrrole nitrogens is 1. The summed E-state index contributed by atoms with van der Waals surface area (Å²) in [5.41, 5.74) is 1.70. The SMILES string of the molecule is C/C(=N\NC(=O)c1c(O)c2ccccc2n(C2CCCCC2)c1=O)c1c(O)c2ccccc2[nH]c1=O. The molecule has 9 nitrogen and oxygen atoms in total.